The number of thiazole rings is 1. The quantitative estimate of drug-likeness (QED) is 0.885. The van der Waals surface area contributed by atoms with E-state index in [4.69, 9.17) is 0 Å². The third-order valence-electron chi connectivity index (χ3n) is 5.14. The minimum atomic E-state index is -0.753. The van der Waals surface area contributed by atoms with Crippen LogP contribution in [0.3, 0.4) is 0 Å². The molecule has 2 heterocycles. The van der Waals surface area contributed by atoms with Crippen molar-refractivity contribution in [3.8, 4) is 0 Å². The number of fused-ring (bicyclic) bond motifs is 1. The Morgan fingerprint density at radius 1 is 1.57 bits per heavy atom. The number of nitrogens with zero attached hydrogens (tertiary/aromatic N) is 2. The Balaban J connectivity index is 1.58. The van der Waals surface area contributed by atoms with E-state index in [2.05, 4.69) is 24.1 Å². The van der Waals surface area contributed by atoms with Gasteiger partial charge in [-0.25, -0.2) is 9.78 Å². The molecule has 2 amide bonds. The number of nitrogens with one attached hydrogen (secondary N) is 1. The lowest BCUT2D eigenvalue weighted by molar-refractivity contribution is -0.149. The minimum Gasteiger partial charge on any atom is -0.481 e. The van der Waals surface area contributed by atoms with Crippen LogP contribution in [0, 0.1) is 11.3 Å². The van der Waals surface area contributed by atoms with Gasteiger partial charge in [0.25, 0.3) is 0 Å². The van der Waals surface area contributed by atoms with Gasteiger partial charge in [-0.05, 0) is 24.7 Å². The minimum absolute atomic E-state index is 0.0955. The maximum atomic E-state index is 12.4. The first-order chi connectivity index (χ1) is 10.9. The molecular formula is C16H23N3O3S. The SMILES string of the molecule is CC(C)c1csc(CNC(=O)N2C[C@@H]3CCC[C@@]3(C(=O)O)C2)n1. The summed E-state index contributed by atoms with van der Waals surface area (Å²) >= 11 is 1.54. The van der Waals surface area contributed by atoms with Gasteiger partial charge in [0.2, 0.25) is 0 Å². The van der Waals surface area contributed by atoms with Crippen molar-refractivity contribution in [3.63, 3.8) is 0 Å². The zero-order valence-corrected chi connectivity index (χ0v) is 14.4. The molecule has 0 spiro atoms. The topological polar surface area (TPSA) is 82.5 Å². The number of hydrogen-bond donors (Lipinski definition) is 2. The Bertz CT molecular complexity index is 615. The Hall–Kier alpha value is -1.63. The molecule has 0 radical (unpaired) electrons. The number of carbonyl (C=O) groups excluding carboxylic acids is 1. The molecule has 126 valence electrons. The molecule has 3 rings (SSSR count). The van der Waals surface area contributed by atoms with Crippen LogP contribution in [0.2, 0.25) is 0 Å². The molecule has 1 aliphatic heterocycles. The Morgan fingerprint density at radius 2 is 2.35 bits per heavy atom. The highest BCUT2D eigenvalue weighted by Crippen LogP contribution is 2.48. The predicted octanol–water partition coefficient (Wildman–Crippen LogP) is 2.66. The molecule has 1 aromatic heterocycles. The van der Waals surface area contributed by atoms with E-state index in [0.29, 0.717) is 32.0 Å². The van der Waals surface area contributed by atoms with E-state index in [1.54, 1.807) is 16.2 Å². The molecule has 1 aromatic rings. The molecule has 0 bridgehead atoms. The van der Waals surface area contributed by atoms with Gasteiger partial charge in [0, 0.05) is 18.5 Å². The van der Waals surface area contributed by atoms with E-state index in [1.807, 2.05) is 5.38 Å². The summed E-state index contributed by atoms with van der Waals surface area (Å²) in [4.78, 5) is 30.2. The van der Waals surface area contributed by atoms with Crippen LogP contribution in [0.1, 0.15) is 49.7 Å². The lowest BCUT2D eigenvalue weighted by atomic mass is 9.81. The normalized spacial score (nSPS) is 26.6. The Morgan fingerprint density at radius 3 is 2.96 bits per heavy atom. The molecule has 1 saturated heterocycles. The van der Waals surface area contributed by atoms with Crippen molar-refractivity contribution in [2.75, 3.05) is 13.1 Å². The van der Waals surface area contributed by atoms with Crippen molar-refractivity contribution in [1.82, 2.24) is 15.2 Å². The summed E-state index contributed by atoms with van der Waals surface area (Å²) in [6, 6.07) is -0.179. The zero-order chi connectivity index (χ0) is 16.6. The van der Waals surface area contributed by atoms with E-state index >= 15 is 0 Å². The predicted molar refractivity (Wildman–Crippen MR) is 87.4 cm³/mol. The van der Waals surface area contributed by atoms with Gasteiger partial charge in [-0.3, -0.25) is 4.79 Å². The van der Waals surface area contributed by atoms with E-state index in [1.165, 1.54) is 0 Å². The van der Waals surface area contributed by atoms with Crippen LogP contribution < -0.4 is 5.32 Å². The molecule has 2 aliphatic rings. The van der Waals surface area contributed by atoms with Gasteiger partial charge in [0.1, 0.15) is 5.01 Å². The average Bonchev–Trinajstić information content (AvgIpc) is 3.18. The summed E-state index contributed by atoms with van der Waals surface area (Å²) in [6.07, 6.45) is 2.53. The van der Waals surface area contributed by atoms with Crippen LogP contribution in [0.15, 0.2) is 5.38 Å². The van der Waals surface area contributed by atoms with Gasteiger partial charge in [0.15, 0.2) is 0 Å². The number of aliphatic carboxylic acids is 1. The van der Waals surface area contributed by atoms with Gasteiger partial charge in [0.05, 0.1) is 17.7 Å². The summed E-state index contributed by atoms with van der Waals surface area (Å²) in [6.45, 7) is 5.45. The van der Waals surface area contributed by atoms with Crippen LogP contribution >= 0.6 is 11.3 Å². The van der Waals surface area contributed by atoms with Crippen LogP contribution in [-0.4, -0.2) is 40.1 Å². The maximum Gasteiger partial charge on any atom is 0.317 e. The second kappa shape index (κ2) is 6.11. The number of aromatic nitrogens is 1. The highest BCUT2D eigenvalue weighted by molar-refractivity contribution is 7.09. The Kier molecular flexibility index (Phi) is 4.31. The van der Waals surface area contributed by atoms with Gasteiger partial charge in [-0.2, -0.15) is 0 Å². The standard InChI is InChI=1S/C16H23N3O3S/c1-10(2)12-8-23-13(18-12)6-17-15(22)19-7-11-4-3-5-16(11,9-19)14(20)21/h8,10-11H,3-7,9H2,1-2H3,(H,17,22)(H,20,21)/t11-,16+/m0/s1. The van der Waals surface area contributed by atoms with Crippen LogP contribution in [-0.2, 0) is 11.3 Å². The van der Waals surface area contributed by atoms with Crippen molar-refractivity contribution in [3.05, 3.63) is 16.1 Å². The van der Waals surface area contributed by atoms with Crippen LogP contribution in [0.25, 0.3) is 0 Å². The van der Waals surface area contributed by atoms with Gasteiger partial charge < -0.3 is 15.3 Å². The summed E-state index contributed by atoms with van der Waals surface area (Å²) in [5.41, 5.74) is 0.323. The van der Waals surface area contributed by atoms with E-state index in [0.717, 1.165) is 23.5 Å². The number of carbonyl (C=O) groups is 2. The van der Waals surface area contributed by atoms with Crippen molar-refractivity contribution >= 4 is 23.3 Å². The molecule has 23 heavy (non-hydrogen) atoms. The van der Waals surface area contributed by atoms with Crippen molar-refractivity contribution < 1.29 is 14.7 Å². The van der Waals surface area contributed by atoms with E-state index < -0.39 is 11.4 Å². The molecular weight excluding hydrogens is 314 g/mol. The third kappa shape index (κ3) is 2.94. The second-order valence-corrected chi connectivity index (χ2v) is 7.85. The van der Waals surface area contributed by atoms with Crippen molar-refractivity contribution in [2.45, 2.75) is 45.6 Å². The maximum absolute atomic E-state index is 12.4. The van der Waals surface area contributed by atoms with Gasteiger partial charge in [-0.1, -0.05) is 20.3 Å². The number of urea groups is 1. The van der Waals surface area contributed by atoms with Crippen LogP contribution in [0.5, 0.6) is 0 Å². The number of likely N-dealkylation sites (tertiary alicyclic amines) is 1. The largest absolute Gasteiger partial charge is 0.481 e. The van der Waals surface area contributed by atoms with E-state index in [9.17, 15) is 14.7 Å². The lowest BCUT2D eigenvalue weighted by Crippen LogP contribution is -2.41. The summed E-state index contributed by atoms with van der Waals surface area (Å²) < 4.78 is 0. The highest BCUT2D eigenvalue weighted by Gasteiger charge is 2.55. The molecule has 7 heteroatoms. The number of rotatable bonds is 4. The first-order valence-corrected chi connectivity index (χ1v) is 9.01. The fraction of sp³-hybridized carbons (Fsp3) is 0.688. The number of hydrogen-bond acceptors (Lipinski definition) is 4. The molecule has 2 atom stereocenters. The first kappa shape index (κ1) is 16.2. The number of carboxylic acids is 1. The molecule has 1 saturated carbocycles. The van der Waals surface area contributed by atoms with Crippen molar-refractivity contribution in [2.24, 2.45) is 11.3 Å². The first-order valence-electron chi connectivity index (χ1n) is 8.13. The zero-order valence-electron chi connectivity index (χ0n) is 13.5. The van der Waals surface area contributed by atoms with Crippen molar-refractivity contribution in [1.29, 1.82) is 0 Å². The van der Waals surface area contributed by atoms with Gasteiger partial charge >= 0.3 is 12.0 Å². The van der Waals surface area contributed by atoms with E-state index in [-0.39, 0.29) is 11.9 Å². The van der Waals surface area contributed by atoms with Gasteiger partial charge in [-0.15, -0.1) is 11.3 Å². The van der Waals surface area contributed by atoms with Crippen LogP contribution in [0.4, 0.5) is 4.79 Å². The summed E-state index contributed by atoms with van der Waals surface area (Å²) in [5.74, 6) is -0.279. The fourth-order valence-electron chi connectivity index (χ4n) is 3.73. The fourth-order valence-corrected chi connectivity index (χ4v) is 4.62. The number of carboxylic acid groups (broad SMARTS) is 1. The lowest BCUT2D eigenvalue weighted by Gasteiger charge is -2.23. The second-order valence-electron chi connectivity index (χ2n) is 6.91. The smallest absolute Gasteiger partial charge is 0.317 e. The summed E-state index contributed by atoms with van der Waals surface area (Å²) in [5, 5.41) is 15.4. The Labute approximate surface area is 139 Å². The highest BCUT2D eigenvalue weighted by atomic mass is 32.1. The monoisotopic (exact) mass is 337 g/mol. The molecule has 2 fully saturated rings. The molecule has 6 nitrogen and oxygen atoms in total. The third-order valence-corrected chi connectivity index (χ3v) is 6.00. The molecule has 0 unspecified atom stereocenters. The summed E-state index contributed by atoms with van der Waals surface area (Å²) in [7, 11) is 0. The number of amides is 2. The molecule has 1 aliphatic carbocycles. The molecule has 0 aromatic carbocycles. The molecule has 2 N–H and O–H groups in total. The average molecular weight is 337 g/mol.